The molecule has 0 amide bonds. The lowest BCUT2D eigenvalue weighted by Crippen LogP contribution is -2.45. The summed E-state index contributed by atoms with van der Waals surface area (Å²) in [5.41, 5.74) is 1.36. The van der Waals surface area contributed by atoms with E-state index in [1.54, 1.807) is 11.3 Å². The molecule has 0 radical (unpaired) electrons. The van der Waals surface area contributed by atoms with Gasteiger partial charge in [-0.15, -0.1) is 11.3 Å². The molecule has 2 rings (SSSR count). The first-order chi connectivity index (χ1) is 7.79. The lowest BCUT2D eigenvalue weighted by Gasteiger charge is -2.28. The van der Waals surface area contributed by atoms with E-state index in [1.165, 1.54) is 29.7 Å². The van der Waals surface area contributed by atoms with Crippen LogP contribution in [-0.4, -0.2) is 19.0 Å². The van der Waals surface area contributed by atoms with Gasteiger partial charge in [-0.1, -0.05) is 0 Å². The summed E-state index contributed by atoms with van der Waals surface area (Å²) >= 11 is 1.80. The Morgan fingerprint density at radius 1 is 1.56 bits per heavy atom. The summed E-state index contributed by atoms with van der Waals surface area (Å²) in [6, 6.07) is 2.79. The molecular formula is C12H19N3S. The van der Waals surface area contributed by atoms with E-state index in [0.717, 1.165) is 12.5 Å². The van der Waals surface area contributed by atoms with Crippen molar-refractivity contribution in [3.8, 4) is 0 Å². The maximum atomic E-state index is 4.24. The van der Waals surface area contributed by atoms with Gasteiger partial charge in [-0.05, 0) is 43.2 Å². The van der Waals surface area contributed by atoms with E-state index >= 15 is 0 Å². The Kier molecular flexibility index (Phi) is 3.83. The maximum absolute atomic E-state index is 4.24. The molecule has 0 spiro atoms. The first kappa shape index (κ1) is 11.5. The summed E-state index contributed by atoms with van der Waals surface area (Å²) in [5, 5.41) is 8.92. The minimum atomic E-state index is 0.635. The lowest BCUT2D eigenvalue weighted by atomic mass is 9.93. The number of nitrogens with zero attached hydrogens (tertiary/aromatic N) is 1. The van der Waals surface area contributed by atoms with Gasteiger partial charge in [0.2, 0.25) is 0 Å². The molecule has 1 aromatic rings. The third-order valence-electron chi connectivity index (χ3n) is 3.05. The van der Waals surface area contributed by atoms with Gasteiger partial charge in [-0.3, -0.25) is 4.99 Å². The van der Waals surface area contributed by atoms with Crippen LogP contribution in [0.25, 0.3) is 0 Å². The smallest absolute Gasteiger partial charge is 0.191 e. The minimum Gasteiger partial charge on any atom is -0.354 e. The summed E-state index contributed by atoms with van der Waals surface area (Å²) < 4.78 is 0. The second-order valence-corrected chi connectivity index (χ2v) is 5.23. The van der Waals surface area contributed by atoms with Gasteiger partial charge >= 0.3 is 0 Å². The van der Waals surface area contributed by atoms with Crippen LogP contribution in [0, 0.1) is 6.92 Å². The van der Waals surface area contributed by atoms with E-state index < -0.39 is 0 Å². The third kappa shape index (κ3) is 2.76. The Morgan fingerprint density at radius 2 is 2.38 bits per heavy atom. The minimum absolute atomic E-state index is 0.635. The van der Waals surface area contributed by atoms with Crippen molar-refractivity contribution in [3.05, 3.63) is 21.9 Å². The van der Waals surface area contributed by atoms with Gasteiger partial charge in [-0.2, -0.15) is 0 Å². The Morgan fingerprint density at radius 3 is 2.88 bits per heavy atom. The quantitative estimate of drug-likeness (QED) is 0.625. The van der Waals surface area contributed by atoms with E-state index in [9.17, 15) is 0 Å². The second-order valence-electron chi connectivity index (χ2n) is 4.22. The fraction of sp³-hybridized carbons (Fsp3) is 0.583. The normalized spacial score (nSPS) is 17.0. The third-order valence-corrected chi connectivity index (χ3v) is 4.08. The summed E-state index contributed by atoms with van der Waals surface area (Å²) in [5.74, 6) is 0.928. The molecule has 88 valence electrons. The summed E-state index contributed by atoms with van der Waals surface area (Å²) in [7, 11) is 1.83. The van der Waals surface area contributed by atoms with Gasteiger partial charge in [0.05, 0.1) is 6.54 Å². The average Bonchev–Trinajstić information content (AvgIpc) is 2.62. The van der Waals surface area contributed by atoms with E-state index in [0.29, 0.717) is 6.04 Å². The number of aryl methyl sites for hydroxylation is 1. The van der Waals surface area contributed by atoms with Crippen molar-refractivity contribution < 1.29 is 0 Å². The molecule has 16 heavy (non-hydrogen) atoms. The molecule has 0 aromatic carbocycles. The van der Waals surface area contributed by atoms with Crippen LogP contribution in [0.3, 0.4) is 0 Å². The standard InChI is InChI=1S/C12H19N3S/c1-9-6-7-16-11(9)8-14-12(13-2)15-10-4-3-5-10/h6-7,10H,3-5,8H2,1-2H3,(H2,13,14,15). The van der Waals surface area contributed by atoms with E-state index in [-0.39, 0.29) is 0 Å². The molecule has 1 aliphatic rings. The molecule has 3 nitrogen and oxygen atoms in total. The van der Waals surface area contributed by atoms with Crippen molar-refractivity contribution in [2.75, 3.05) is 7.05 Å². The van der Waals surface area contributed by atoms with Crippen molar-refractivity contribution in [2.24, 2.45) is 4.99 Å². The van der Waals surface area contributed by atoms with Gasteiger partial charge in [0.15, 0.2) is 5.96 Å². The molecule has 2 N–H and O–H groups in total. The van der Waals surface area contributed by atoms with E-state index in [1.807, 2.05) is 7.05 Å². The van der Waals surface area contributed by atoms with Crippen molar-refractivity contribution in [1.82, 2.24) is 10.6 Å². The Bertz CT molecular complexity index is 366. The highest BCUT2D eigenvalue weighted by atomic mass is 32.1. The maximum Gasteiger partial charge on any atom is 0.191 e. The van der Waals surface area contributed by atoms with Gasteiger partial charge in [0.1, 0.15) is 0 Å². The van der Waals surface area contributed by atoms with Crippen LogP contribution < -0.4 is 10.6 Å². The Balaban J connectivity index is 1.81. The van der Waals surface area contributed by atoms with Gasteiger partial charge in [0.25, 0.3) is 0 Å². The topological polar surface area (TPSA) is 36.4 Å². The molecule has 0 unspecified atom stereocenters. The van der Waals surface area contributed by atoms with E-state index in [2.05, 4.69) is 34.0 Å². The monoisotopic (exact) mass is 237 g/mol. The molecule has 1 saturated carbocycles. The number of rotatable bonds is 3. The predicted molar refractivity (Wildman–Crippen MR) is 70.0 cm³/mol. The van der Waals surface area contributed by atoms with Gasteiger partial charge in [-0.25, -0.2) is 0 Å². The average molecular weight is 237 g/mol. The number of nitrogens with one attached hydrogen (secondary N) is 2. The van der Waals surface area contributed by atoms with Crippen LogP contribution in [0.15, 0.2) is 16.4 Å². The number of hydrogen-bond donors (Lipinski definition) is 2. The fourth-order valence-electron chi connectivity index (χ4n) is 1.69. The van der Waals surface area contributed by atoms with Gasteiger partial charge in [0, 0.05) is 18.0 Å². The summed E-state index contributed by atoms with van der Waals surface area (Å²) in [4.78, 5) is 5.62. The number of guanidine groups is 1. The fourth-order valence-corrected chi connectivity index (χ4v) is 2.54. The van der Waals surface area contributed by atoms with E-state index in [4.69, 9.17) is 0 Å². The molecule has 0 atom stereocenters. The van der Waals surface area contributed by atoms with Crippen LogP contribution >= 0.6 is 11.3 Å². The highest BCUT2D eigenvalue weighted by Crippen LogP contribution is 2.18. The highest BCUT2D eigenvalue weighted by molar-refractivity contribution is 7.10. The summed E-state index contributed by atoms with van der Waals surface area (Å²) in [6.07, 6.45) is 3.90. The molecule has 1 aliphatic carbocycles. The molecule has 0 aliphatic heterocycles. The second kappa shape index (κ2) is 5.34. The lowest BCUT2D eigenvalue weighted by molar-refractivity contribution is 0.380. The summed E-state index contributed by atoms with van der Waals surface area (Å²) in [6.45, 7) is 3.02. The van der Waals surface area contributed by atoms with Crippen molar-refractivity contribution in [2.45, 2.75) is 38.8 Å². The molecular weight excluding hydrogens is 218 g/mol. The van der Waals surface area contributed by atoms with Crippen LogP contribution in [-0.2, 0) is 6.54 Å². The zero-order valence-electron chi connectivity index (χ0n) is 9.92. The van der Waals surface area contributed by atoms with Crippen molar-refractivity contribution in [1.29, 1.82) is 0 Å². The van der Waals surface area contributed by atoms with Crippen LogP contribution in [0.4, 0.5) is 0 Å². The van der Waals surface area contributed by atoms with Crippen molar-refractivity contribution >= 4 is 17.3 Å². The Hall–Kier alpha value is -1.03. The SMILES string of the molecule is CN=C(NCc1sccc1C)NC1CCC1. The molecule has 4 heteroatoms. The number of hydrogen-bond acceptors (Lipinski definition) is 2. The molecule has 1 aromatic heterocycles. The van der Waals surface area contributed by atoms with Crippen LogP contribution in [0.1, 0.15) is 29.7 Å². The Labute approximate surface area is 101 Å². The molecule has 0 bridgehead atoms. The predicted octanol–water partition coefficient (Wildman–Crippen LogP) is 2.27. The zero-order chi connectivity index (χ0) is 11.4. The van der Waals surface area contributed by atoms with Gasteiger partial charge < -0.3 is 10.6 Å². The number of thiophene rings is 1. The van der Waals surface area contributed by atoms with Crippen LogP contribution in [0.5, 0.6) is 0 Å². The number of aliphatic imine (C=N–C) groups is 1. The first-order valence-electron chi connectivity index (χ1n) is 5.79. The molecule has 1 heterocycles. The molecule has 1 fully saturated rings. The largest absolute Gasteiger partial charge is 0.354 e. The zero-order valence-corrected chi connectivity index (χ0v) is 10.7. The van der Waals surface area contributed by atoms with Crippen molar-refractivity contribution in [3.63, 3.8) is 0 Å². The van der Waals surface area contributed by atoms with Crippen LogP contribution in [0.2, 0.25) is 0 Å². The molecule has 0 saturated heterocycles. The highest BCUT2D eigenvalue weighted by Gasteiger charge is 2.18. The first-order valence-corrected chi connectivity index (χ1v) is 6.67.